The fourth-order valence-corrected chi connectivity index (χ4v) is 3.28. The molecule has 0 spiro atoms. The topological polar surface area (TPSA) is 38.7 Å². The van der Waals surface area contributed by atoms with Gasteiger partial charge in [0.1, 0.15) is 5.01 Å². The lowest BCUT2D eigenvalue weighted by molar-refractivity contribution is 1.21. The van der Waals surface area contributed by atoms with Gasteiger partial charge in [0, 0.05) is 24.2 Å². The van der Waals surface area contributed by atoms with Crippen LogP contribution in [0.4, 0.5) is 0 Å². The average molecular weight is 325 g/mol. The Balaban J connectivity index is 1.99. The Morgan fingerprint density at radius 1 is 1.23 bits per heavy atom. The van der Waals surface area contributed by atoms with Crippen LogP contribution in [0.2, 0.25) is 0 Å². The highest BCUT2D eigenvalue weighted by Crippen LogP contribution is 2.31. The lowest BCUT2D eigenvalue weighted by Gasteiger charge is -2.07. The van der Waals surface area contributed by atoms with Gasteiger partial charge in [0.05, 0.1) is 16.3 Å². The first-order valence-electron chi connectivity index (χ1n) is 7.11. The summed E-state index contributed by atoms with van der Waals surface area (Å²) in [6.45, 7) is 4.19. The van der Waals surface area contributed by atoms with Crippen molar-refractivity contribution < 1.29 is 0 Å². The van der Waals surface area contributed by atoms with Gasteiger partial charge in [0.25, 0.3) is 0 Å². The molecular formula is C17H16N3PS. The Labute approximate surface area is 136 Å². The molecule has 3 heterocycles. The molecule has 3 aromatic rings. The monoisotopic (exact) mass is 325 g/mol. The predicted octanol–water partition coefficient (Wildman–Crippen LogP) is 4.65. The molecule has 0 aliphatic heterocycles. The van der Waals surface area contributed by atoms with Crippen LogP contribution in [0, 0.1) is 6.92 Å². The normalized spacial score (nSPS) is 10.6. The van der Waals surface area contributed by atoms with Gasteiger partial charge in [0.2, 0.25) is 0 Å². The highest BCUT2D eigenvalue weighted by atomic mass is 32.1. The van der Waals surface area contributed by atoms with E-state index in [1.807, 2.05) is 24.5 Å². The molecule has 0 atom stereocenters. The molecule has 110 valence electrons. The molecule has 0 aliphatic carbocycles. The largest absolute Gasteiger partial charge is 0.264 e. The summed E-state index contributed by atoms with van der Waals surface area (Å²) in [5.74, 6) is 0. The Bertz CT molecular complexity index is 812. The van der Waals surface area contributed by atoms with Gasteiger partial charge in [-0.05, 0) is 42.4 Å². The highest BCUT2D eigenvalue weighted by Gasteiger charge is 2.11. The molecule has 0 unspecified atom stereocenters. The first kappa shape index (κ1) is 15.0. The molecule has 0 aromatic carbocycles. The van der Waals surface area contributed by atoms with Crippen LogP contribution in [0.1, 0.15) is 24.6 Å². The maximum Gasteiger partial charge on any atom is 0.125 e. The number of rotatable bonds is 4. The summed E-state index contributed by atoms with van der Waals surface area (Å²) in [5, 5.41) is 2.08. The molecular weight excluding hydrogens is 309 g/mol. The zero-order valence-electron chi connectivity index (χ0n) is 12.5. The van der Waals surface area contributed by atoms with Crippen LogP contribution < -0.4 is 0 Å². The van der Waals surface area contributed by atoms with Crippen molar-refractivity contribution in [2.45, 2.75) is 20.3 Å². The molecule has 0 saturated heterocycles. The minimum atomic E-state index is 0.928. The quantitative estimate of drug-likeness (QED) is 0.655. The van der Waals surface area contributed by atoms with Gasteiger partial charge in [0.15, 0.2) is 0 Å². The van der Waals surface area contributed by atoms with Crippen molar-refractivity contribution in [2.24, 2.45) is 0 Å². The van der Waals surface area contributed by atoms with E-state index < -0.39 is 0 Å². The van der Waals surface area contributed by atoms with E-state index in [0.717, 1.165) is 38.6 Å². The van der Waals surface area contributed by atoms with E-state index >= 15 is 0 Å². The summed E-state index contributed by atoms with van der Waals surface area (Å²) in [6, 6.07) is 8.10. The van der Waals surface area contributed by atoms with Crippen LogP contribution in [0.25, 0.3) is 21.1 Å². The summed E-state index contributed by atoms with van der Waals surface area (Å²) >= 11 is 1.63. The predicted molar refractivity (Wildman–Crippen MR) is 96.0 cm³/mol. The summed E-state index contributed by atoms with van der Waals surface area (Å²) in [7, 11) is 3.67. The zero-order chi connectivity index (χ0) is 15.5. The molecule has 0 amide bonds. The number of aromatic nitrogens is 3. The number of hydrogen-bond donors (Lipinski definition) is 0. The van der Waals surface area contributed by atoms with Gasteiger partial charge in [-0.25, -0.2) is 9.97 Å². The molecule has 3 nitrogen and oxygen atoms in total. The van der Waals surface area contributed by atoms with Crippen LogP contribution in [-0.4, -0.2) is 20.2 Å². The molecule has 0 radical (unpaired) electrons. The minimum Gasteiger partial charge on any atom is -0.264 e. The molecule has 0 saturated carbocycles. The van der Waals surface area contributed by atoms with Crippen molar-refractivity contribution >= 4 is 25.5 Å². The Kier molecular flexibility index (Phi) is 4.41. The lowest BCUT2D eigenvalue weighted by atomic mass is 10.1. The Morgan fingerprint density at radius 2 is 2.09 bits per heavy atom. The Hall–Kier alpha value is -1.90. The third-order valence-electron chi connectivity index (χ3n) is 3.40. The second-order valence-electron chi connectivity index (χ2n) is 4.97. The third kappa shape index (κ3) is 2.99. The second kappa shape index (κ2) is 6.47. The maximum atomic E-state index is 4.79. The lowest BCUT2D eigenvalue weighted by Crippen LogP contribution is -2.02. The van der Waals surface area contributed by atoms with E-state index in [2.05, 4.69) is 44.8 Å². The van der Waals surface area contributed by atoms with Gasteiger partial charge in [-0.15, -0.1) is 20.2 Å². The molecule has 0 N–H and O–H groups in total. The fourth-order valence-electron chi connectivity index (χ4n) is 2.15. The number of aryl methyl sites for hydroxylation is 1. The van der Waals surface area contributed by atoms with Gasteiger partial charge < -0.3 is 0 Å². The Morgan fingerprint density at radius 3 is 2.82 bits per heavy atom. The van der Waals surface area contributed by atoms with E-state index in [1.54, 1.807) is 17.5 Å². The fraction of sp³-hybridized carbons (Fsp3) is 0.176. The summed E-state index contributed by atoms with van der Waals surface area (Å²) in [6.07, 6.45) is 6.41. The molecule has 0 aliphatic rings. The maximum absolute atomic E-state index is 4.79. The molecule has 0 bridgehead atoms. The summed E-state index contributed by atoms with van der Waals surface area (Å²) in [4.78, 5) is 14.5. The molecule has 0 fully saturated rings. The van der Waals surface area contributed by atoms with Crippen LogP contribution in [0.5, 0.6) is 0 Å². The van der Waals surface area contributed by atoms with Crippen LogP contribution >= 0.6 is 20.2 Å². The van der Waals surface area contributed by atoms with Crippen LogP contribution in [-0.2, 0) is 0 Å². The van der Waals surface area contributed by atoms with E-state index in [4.69, 9.17) is 4.98 Å². The van der Waals surface area contributed by atoms with E-state index in [-0.39, 0.29) is 0 Å². The average Bonchev–Trinajstić information content (AvgIpc) is 3.05. The number of thiazole rings is 1. The summed E-state index contributed by atoms with van der Waals surface area (Å²) < 4.78 is 0. The number of hydrogen-bond acceptors (Lipinski definition) is 4. The number of pyridine rings is 2. The first-order valence-corrected chi connectivity index (χ1v) is 8.42. The second-order valence-corrected chi connectivity index (χ2v) is 6.60. The molecule has 5 heteroatoms. The first-order chi connectivity index (χ1) is 10.7. The molecule has 3 aromatic heterocycles. The number of nitrogens with zero attached hydrogens (tertiary/aromatic N) is 3. The molecule has 22 heavy (non-hydrogen) atoms. The minimum absolute atomic E-state index is 0.928. The van der Waals surface area contributed by atoms with Crippen molar-refractivity contribution in [3.05, 3.63) is 54.1 Å². The standard InChI is InChI=1S/C17H16N3PS/c1-3-14(21)16-11(2)6-7-13(20-16)15-10-19-17(22-15)12-5-4-8-18-9-12/h4-10,21H,3H2,1-2H3. The van der Waals surface area contributed by atoms with Crippen molar-refractivity contribution in [3.63, 3.8) is 0 Å². The highest BCUT2D eigenvalue weighted by molar-refractivity contribution is 7.22. The van der Waals surface area contributed by atoms with Gasteiger partial charge >= 0.3 is 0 Å². The van der Waals surface area contributed by atoms with E-state index in [1.165, 1.54) is 5.56 Å². The third-order valence-corrected chi connectivity index (χ3v) is 5.06. The van der Waals surface area contributed by atoms with E-state index in [9.17, 15) is 0 Å². The summed E-state index contributed by atoms with van der Waals surface area (Å²) in [5.41, 5.74) is 4.19. The van der Waals surface area contributed by atoms with Crippen molar-refractivity contribution in [1.82, 2.24) is 15.0 Å². The van der Waals surface area contributed by atoms with Crippen LogP contribution in [0.15, 0.2) is 42.9 Å². The van der Waals surface area contributed by atoms with E-state index in [0.29, 0.717) is 0 Å². The zero-order valence-corrected chi connectivity index (χ0v) is 14.3. The molecule has 3 rings (SSSR count). The van der Waals surface area contributed by atoms with Crippen molar-refractivity contribution in [3.8, 4) is 21.1 Å². The van der Waals surface area contributed by atoms with Crippen molar-refractivity contribution in [2.75, 3.05) is 0 Å². The SMILES string of the molecule is CCC(=P)c1nc(-c2cnc(-c3cccnc3)s2)ccc1C. The van der Waals surface area contributed by atoms with Gasteiger partial charge in [-0.1, -0.05) is 13.0 Å². The van der Waals surface area contributed by atoms with Crippen LogP contribution in [0.3, 0.4) is 0 Å². The smallest absolute Gasteiger partial charge is 0.125 e. The van der Waals surface area contributed by atoms with Gasteiger partial charge in [-0.2, -0.15) is 0 Å². The van der Waals surface area contributed by atoms with Gasteiger partial charge in [-0.3, -0.25) is 4.98 Å². The van der Waals surface area contributed by atoms with Crippen molar-refractivity contribution in [1.29, 1.82) is 0 Å².